The van der Waals surface area contributed by atoms with Gasteiger partial charge in [0.05, 0.1) is 11.8 Å². The Kier molecular flexibility index (Phi) is 3.70. The molecule has 0 atom stereocenters. The quantitative estimate of drug-likeness (QED) is 0.524. The average molecular weight is 285 g/mol. The zero-order valence-electron chi connectivity index (χ0n) is 8.32. The number of aliphatic imine (C=N–C) groups is 1. The van der Waals surface area contributed by atoms with Crippen molar-refractivity contribution in [1.29, 1.82) is 0 Å². The van der Waals surface area contributed by atoms with Crippen LogP contribution < -0.4 is 5.73 Å². The molecule has 1 aromatic carbocycles. The molecule has 1 aliphatic rings. The van der Waals surface area contributed by atoms with Crippen molar-refractivity contribution in [3.8, 4) is 0 Å². The molecule has 2 nitrogen and oxygen atoms in total. The monoisotopic (exact) mass is 284 g/mol. The van der Waals surface area contributed by atoms with E-state index in [1.54, 1.807) is 11.8 Å². The number of hydrogen-bond donors (Lipinski definition) is 1. The van der Waals surface area contributed by atoms with E-state index < -0.39 is 0 Å². The standard InChI is InChI=1S/C11H13BrN2S/c12-8-1-5-10(6-2-8)15-7-11(13)14-9-3-4-9/h1-2,5-6,9H,3-4,7H2,(H2,13,14). The molecule has 0 spiro atoms. The highest BCUT2D eigenvalue weighted by Crippen LogP contribution is 2.24. The summed E-state index contributed by atoms with van der Waals surface area (Å²) in [6, 6.07) is 8.77. The van der Waals surface area contributed by atoms with Gasteiger partial charge >= 0.3 is 0 Å². The molecule has 15 heavy (non-hydrogen) atoms. The molecule has 0 aliphatic heterocycles. The summed E-state index contributed by atoms with van der Waals surface area (Å²) < 4.78 is 1.10. The van der Waals surface area contributed by atoms with E-state index in [1.165, 1.54) is 17.7 Å². The van der Waals surface area contributed by atoms with Crippen molar-refractivity contribution < 1.29 is 0 Å². The predicted octanol–water partition coefficient (Wildman–Crippen LogP) is 3.06. The summed E-state index contributed by atoms with van der Waals surface area (Å²) in [6.45, 7) is 0. The Bertz CT molecular complexity index is 357. The highest BCUT2D eigenvalue weighted by atomic mass is 79.9. The first-order chi connectivity index (χ1) is 7.24. The first-order valence-electron chi connectivity index (χ1n) is 4.94. The zero-order valence-corrected chi connectivity index (χ0v) is 10.7. The van der Waals surface area contributed by atoms with Crippen molar-refractivity contribution in [1.82, 2.24) is 0 Å². The van der Waals surface area contributed by atoms with Gasteiger partial charge in [-0.05, 0) is 37.1 Å². The van der Waals surface area contributed by atoms with E-state index >= 15 is 0 Å². The second-order valence-corrected chi connectivity index (χ2v) is 5.56. The van der Waals surface area contributed by atoms with Gasteiger partial charge < -0.3 is 5.73 Å². The largest absolute Gasteiger partial charge is 0.387 e. The van der Waals surface area contributed by atoms with Crippen molar-refractivity contribution in [3.63, 3.8) is 0 Å². The summed E-state index contributed by atoms with van der Waals surface area (Å²) in [7, 11) is 0. The summed E-state index contributed by atoms with van der Waals surface area (Å²) in [5.74, 6) is 1.56. The Morgan fingerprint density at radius 2 is 2.07 bits per heavy atom. The van der Waals surface area contributed by atoms with Gasteiger partial charge in [0.2, 0.25) is 0 Å². The lowest BCUT2D eigenvalue weighted by atomic mass is 10.4. The van der Waals surface area contributed by atoms with Crippen molar-refractivity contribution in [2.45, 2.75) is 23.8 Å². The minimum Gasteiger partial charge on any atom is -0.387 e. The van der Waals surface area contributed by atoms with E-state index in [0.717, 1.165) is 16.1 Å². The van der Waals surface area contributed by atoms with E-state index in [-0.39, 0.29) is 0 Å². The molecular formula is C11H13BrN2S. The number of hydrogen-bond acceptors (Lipinski definition) is 2. The van der Waals surface area contributed by atoms with Gasteiger partial charge in [0.1, 0.15) is 5.84 Å². The number of thioether (sulfide) groups is 1. The van der Waals surface area contributed by atoms with Gasteiger partial charge in [0.25, 0.3) is 0 Å². The Balaban J connectivity index is 1.84. The smallest absolute Gasteiger partial charge is 0.104 e. The molecule has 0 amide bonds. The van der Waals surface area contributed by atoms with E-state index in [9.17, 15) is 0 Å². The third kappa shape index (κ3) is 3.87. The first-order valence-corrected chi connectivity index (χ1v) is 6.72. The van der Waals surface area contributed by atoms with Crippen LogP contribution in [0.15, 0.2) is 38.6 Å². The normalized spacial score (nSPS) is 16.7. The van der Waals surface area contributed by atoms with Crippen LogP contribution >= 0.6 is 27.7 Å². The average Bonchev–Trinajstić information content (AvgIpc) is 3.01. The Labute approximate surface area is 102 Å². The summed E-state index contributed by atoms with van der Waals surface area (Å²) in [5, 5.41) is 0. The van der Waals surface area contributed by atoms with Crippen LogP contribution in [0.3, 0.4) is 0 Å². The van der Waals surface area contributed by atoms with Crippen LogP contribution in [0.4, 0.5) is 0 Å². The Morgan fingerprint density at radius 1 is 1.40 bits per heavy atom. The molecule has 80 valence electrons. The van der Waals surface area contributed by atoms with Crippen LogP contribution in [0.1, 0.15) is 12.8 Å². The minimum atomic E-state index is 0.524. The third-order valence-corrected chi connectivity index (χ3v) is 3.67. The van der Waals surface area contributed by atoms with Gasteiger partial charge in [-0.3, -0.25) is 4.99 Å². The lowest BCUT2D eigenvalue weighted by molar-refractivity contribution is 1.06. The second-order valence-electron chi connectivity index (χ2n) is 3.59. The van der Waals surface area contributed by atoms with E-state index in [2.05, 4.69) is 33.1 Å². The number of benzene rings is 1. The van der Waals surface area contributed by atoms with Crippen LogP contribution in [0.25, 0.3) is 0 Å². The highest BCUT2D eigenvalue weighted by molar-refractivity contribution is 9.10. The summed E-state index contributed by atoms with van der Waals surface area (Å²) in [5.41, 5.74) is 5.81. The predicted molar refractivity (Wildman–Crippen MR) is 69.5 cm³/mol. The van der Waals surface area contributed by atoms with Crippen molar-refractivity contribution in [2.75, 3.05) is 5.75 Å². The SMILES string of the molecule is NC(CSc1ccc(Br)cc1)=NC1CC1. The van der Waals surface area contributed by atoms with E-state index in [1.807, 2.05) is 12.1 Å². The maximum absolute atomic E-state index is 5.81. The van der Waals surface area contributed by atoms with Crippen LogP contribution in [-0.2, 0) is 0 Å². The van der Waals surface area contributed by atoms with Crippen molar-refractivity contribution in [2.24, 2.45) is 10.7 Å². The van der Waals surface area contributed by atoms with E-state index in [0.29, 0.717) is 6.04 Å². The lowest BCUT2D eigenvalue weighted by Crippen LogP contribution is -2.15. The molecule has 4 heteroatoms. The molecule has 0 heterocycles. The summed E-state index contributed by atoms with van der Waals surface area (Å²) >= 11 is 5.14. The van der Waals surface area contributed by atoms with Crippen molar-refractivity contribution >= 4 is 33.5 Å². The first kappa shape index (κ1) is 11.0. The molecule has 2 N–H and O–H groups in total. The fourth-order valence-electron chi connectivity index (χ4n) is 1.16. The molecule has 0 bridgehead atoms. The summed E-state index contributed by atoms with van der Waals surface area (Å²) in [4.78, 5) is 5.61. The van der Waals surface area contributed by atoms with Crippen LogP contribution in [-0.4, -0.2) is 17.6 Å². The molecule has 0 radical (unpaired) electrons. The molecule has 1 fully saturated rings. The number of rotatable bonds is 4. The Hall–Kier alpha value is -0.480. The lowest BCUT2D eigenvalue weighted by Gasteiger charge is -2.01. The molecule has 1 saturated carbocycles. The number of amidine groups is 1. The highest BCUT2D eigenvalue weighted by Gasteiger charge is 2.20. The van der Waals surface area contributed by atoms with E-state index in [4.69, 9.17) is 5.73 Å². The zero-order chi connectivity index (χ0) is 10.7. The summed E-state index contributed by atoms with van der Waals surface area (Å²) in [6.07, 6.45) is 2.42. The molecule has 2 rings (SSSR count). The fourth-order valence-corrected chi connectivity index (χ4v) is 2.15. The van der Waals surface area contributed by atoms with Gasteiger partial charge in [0, 0.05) is 9.37 Å². The molecule has 0 aromatic heterocycles. The number of nitrogens with zero attached hydrogens (tertiary/aromatic N) is 1. The molecule has 1 aliphatic carbocycles. The van der Waals surface area contributed by atoms with Gasteiger partial charge in [-0.1, -0.05) is 15.9 Å². The number of halogens is 1. The van der Waals surface area contributed by atoms with Crippen LogP contribution in [0, 0.1) is 0 Å². The molecule has 0 unspecified atom stereocenters. The second kappa shape index (κ2) is 5.03. The Morgan fingerprint density at radius 3 is 2.67 bits per heavy atom. The maximum atomic E-state index is 5.81. The third-order valence-electron chi connectivity index (χ3n) is 2.10. The fraction of sp³-hybridized carbons (Fsp3) is 0.364. The van der Waals surface area contributed by atoms with Gasteiger partial charge in [-0.15, -0.1) is 11.8 Å². The van der Waals surface area contributed by atoms with Gasteiger partial charge in [-0.2, -0.15) is 0 Å². The molecular weight excluding hydrogens is 272 g/mol. The van der Waals surface area contributed by atoms with Crippen molar-refractivity contribution in [3.05, 3.63) is 28.7 Å². The van der Waals surface area contributed by atoms with Crippen LogP contribution in [0.2, 0.25) is 0 Å². The minimum absolute atomic E-state index is 0.524. The van der Waals surface area contributed by atoms with Crippen LogP contribution in [0.5, 0.6) is 0 Å². The van der Waals surface area contributed by atoms with Gasteiger partial charge in [-0.25, -0.2) is 0 Å². The van der Waals surface area contributed by atoms with Gasteiger partial charge in [0.15, 0.2) is 0 Å². The number of nitrogens with two attached hydrogens (primary N) is 1. The topological polar surface area (TPSA) is 38.4 Å². The maximum Gasteiger partial charge on any atom is 0.104 e. The molecule has 1 aromatic rings. The molecule has 0 saturated heterocycles.